The van der Waals surface area contributed by atoms with Crippen LogP contribution in [0.3, 0.4) is 0 Å². The maximum Gasteiger partial charge on any atom is 0.329 e. The number of anilines is 1. The number of carboxylic acid groups (broad SMARTS) is 1. The molecule has 0 radical (unpaired) electrons. The van der Waals surface area contributed by atoms with Gasteiger partial charge in [0.1, 0.15) is 5.54 Å². The van der Waals surface area contributed by atoms with Gasteiger partial charge in [0.05, 0.1) is 9.98 Å². The molecule has 1 aromatic rings. The zero-order valence-corrected chi connectivity index (χ0v) is 12.8. The van der Waals surface area contributed by atoms with Crippen molar-refractivity contribution in [3.63, 3.8) is 0 Å². The number of carboxylic acids is 1. The third-order valence-corrected chi connectivity index (χ3v) is 4.68. The average Bonchev–Trinajstić information content (AvgIpc) is 2.75. The number of aliphatic carboxylic acids is 1. The van der Waals surface area contributed by atoms with Crippen molar-refractivity contribution in [2.75, 3.05) is 11.9 Å². The topological polar surface area (TPSA) is 82.5 Å². The quantitative estimate of drug-likeness (QED) is 0.861. The van der Waals surface area contributed by atoms with Crippen LogP contribution < -0.4 is 5.32 Å². The van der Waals surface area contributed by atoms with E-state index in [1.54, 1.807) is 13.1 Å². The Morgan fingerprint density at radius 2 is 2.32 bits per heavy atom. The van der Waals surface area contributed by atoms with Crippen LogP contribution in [0, 0.1) is 0 Å². The van der Waals surface area contributed by atoms with E-state index in [1.165, 1.54) is 16.2 Å². The highest BCUT2D eigenvalue weighted by Gasteiger charge is 2.44. The van der Waals surface area contributed by atoms with Crippen LogP contribution in [0.2, 0.25) is 0 Å². The Labute approximate surface area is 122 Å². The van der Waals surface area contributed by atoms with E-state index in [1.807, 2.05) is 0 Å². The third kappa shape index (κ3) is 2.89. The summed E-state index contributed by atoms with van der Waals surface area (Å²) in [7, 11) is 0. The molecule has 2 N–H and O–H groups in total. The molecule has 2 heterocycles. The van der Waals surface area contributed by atoms with Crippen molar-refractivity contribution in [1.82, 2.24) is 9.88 Å². The molecule has 6 nitrogen and oxygen atoms in total. The van der Waals surface area contributed by atoms with Gasteiger partial charge in [0.25, 0.3) is 0 Å². The number of hydrogen-bond donors (Lipinski definition) is 2. The van der Waals surface area contributed by atoms with Gasteiger partial charge in [-0.2, -0.15) is 0 Å². The number of amides is 2. The van der Waals surface area contributed by atoms with E-state index in [-0.39, 0.29) is 0 Å². The van der Waals surface area contributed by atoms with Crippen molar-refractivity contribution in [3.05, 3.63) is 9.98 Å². The number of carbonyl (C=O) groups excluding carboxylic acids is 1. The normalized spacial score (nSPS) is 23.2. The second kappa shape index (κ2) is 5.46. The average molecular weight is 348 g/mol. The Morgan fingerprint density at radius 1 is 1.58 bits per heavy atom. The first-order valence-electron chi connectivity index (χ1n) is 5.87. The van der Waals surface area contributed by atoms with Crippen molar-refractivity contribution in [3.8, 4) is 0 Å². The van der Waals surface area contributed by atoms with E-state index in [0.29, 0.717) is 18.1 Å². The van der Waals surface area contributed by atoms with Gasteiger partial charge in [0.15, 0.2) is 5.13 Å². The van der Waals surface area contributed by atoms with Crippen molar-refractivity contribution < 1.29 is 14.7 Å². The zero-order chi connectivity index (χ0) is 14.0. The summed E-state index contributed by atoms with van der Waals surface area (Å²) in [6, 6.07) is -0.411. The molecule has 2 rings (SSSR count). The van der Waals surface area contributed by atoms with Gasteiger partial charge in [-0.3, -0.25) is 5.32 Å². The summed E-state index contributed by atoms with van der Waals surface area (Å²) in [5.41, 5.74) is -1.14. The fourth-order valence-corrected chi connectivity index (χ4v) is 3.24. The van der Waals surface area contributed by atoms with Crippen LogP contribution in [-0.4, -0.2) is 39.1 Å². The van der Waals surface area contributed by atoms with Crippen LogP contribution in [0.5, 0.6) is 0 Å². The number of likely N-dealkylation sites (tertiary alicyclic amines) is 1. The SMILES string of the molecule is CC1(C(=O)O)CCCCN1C(=O)Nc1ncc(Br)s1. The van der Waals surface area contributed by atoms with Crippen LogP contribution in [0.4, 0.5) is 9.93 Å². The summed E-state index contributed by atoms with van der Waals surface area (Å²) in [5, 5.41) is 12.4. The van der Waals surface area contributed by atoms with Crippen LogP contribution in [-0.2, 0) is 4.79 Å². The van der Waals surface area contributed by atoms with Gasteiger partial charge in [-0.25, -0.2) is 14.6 Å². The molecule has 8 heteroatoms. The van der Waals surface area contributed by atoms with E-state index in [4.69, 9.17) is 0 Å². The second-order valence-electron chi connectivity index (χ2n) is 4.59. The number of nitrogens with zero attached hydrogens (tertiary/aromatic N) is 2. The number of halogens is 1. The fraction of sp³-hybridized carbons (Fsp3) is 0.545. The van der Waals surface area contributed by atoms with Crippen LogP contribution in [0.15, 0.2) is 9.98 Å². The number of thiazole rings is 1. The summed E-state index contributed by atoms with van der Waals surface area (Å²) in [4.78, 5) is 29.0. The summed E-state index contributed by atoms with van der Waals surface area (Å²) in [6.45, 7) is 2.03. The maximum absolute atomic E-state index is 12.2. The predicted molar refractivity (Wildman–Crippen MR) is 75.4 cm³/mol. The highest BCUT2D eigenvalue weighted by atomic mass is 79.9. The molecular formula is C11H14BrN3O3S. The molecular weight excluding hydrogens is 334 g/mol. The molecule has 104 valence electrons. The molecule has 1 saturated heterocycles. The predicted octanol–water partition coefficient (Wildman–Crippen LogP) is 2.77. The highest BCUT2D eigenvalue weighted by Crippen LogP contribution is 2.30. The van der Waals surface area contributed by atoms with Crippen LogP contribution in [0.1, 0.15) is 26.2 Å². The lowest BCUT2D eigenvalue weighted by atomic mass is 9.89. The zero-order valence-electron chi connectivity index (χ0n) is 10.4. The smallest absolute Gasteiger partial charge is 0.329 e. The van der Waals surface area contributed by atoms with Gasteiger partial charge in [-0.05, 0) is 42.1 Å². The molecule has 0 aromatic carbocycles. The van der Waals surface area contributed by atoms with Crippen molar-refractivity contribution in [2.45, 2.75) is 31.7 Å². The Hall–Kier alpha value is -1.15. The lowest BCUT2D eigenvalue weighted by molar-refractivity contribution is -0.150. The molecule has 1 aromatic heterocycles. The summed E-state index contributed by atoms with van der Waals surface area (Å²) in [5.74, 6) is -0.970. The van der Waals surface area contributed by atoms with E-state index < -0.39 is 17.5 Å². The highest BCUT2D eigenvalue weighted by molar-refractivity contribution is 9.11. The maximum atomic E-state index is 12.2. The Morgan fingerprint density at radius 3 is 2.89 bits per heavy atom. The van der Waals surface area contributed by atoms with Gasteiger partial charge in [-0.1, -0.05) is 11.3 Å². The van der Waals surface area contributed by atoms with Crippen LogP contribution >= 0.6 is 27.3 Å². The van der Waals surface area contributed by atoms with Crippen molar-refractivity contribution >= 4 is 44.4 Å². The summed E-state index contributed by atoms with van der Waals surface area (Å²) >= 11 is 4.55. The molecule has 1 fully saturated rings. The molecule has 0 aliphatic carbocycles. The largest absolute Gasteiger partial charge is 0.480 e. The van der Waals surface area contributed by atoms with Crippen molar-refractivity contribution in [1.29, 1.82) is 0 Å². The molecule has 0 saturated carbocycles. The van der Waals surface area contributed by atoms with Gasteiger partial charge in [-0.15, -0.1) is 0 Å². The van der Waals surface area contributed by atoms with E-state index in [2.05, 4.69) is 26.2 Å². The monoisotopic (exact) mass is 347 g/mol. The van der Waals surface area contributed by atoms with Crippen molar-refractivity contribution in [2.24, 2.45) is 0 Å². The number of rotatable bonds is 2. The molecule has 2 amide bonds. The Bertz CT molecular complexity index is 507. The molecule has 1 aliphatic heterocycles. The number of piperidine rings is 1. The first-order chi connectivity index (χ1) is 8.93. The van der Waals surface area contributed by atoms with E-state index in [9.17, 15) is 14.7 Å². The minimum Gasteiger partial charge on any atom is -0.480 e. The number of urea groups is 1. The third-order valence-electron chi connectivity index (χ3n) is 3.29. The molecule has 1 aliphatic rings. The summed E-state index contributed by atoms with van der Waals surface area (Å²) < 4.78 is 0.808. The minimum atomic E-state index is -1.14. The number of carbonyl (C=O) groups is 2. The Balaban J connectivity index is 2.14. The number of nitrogens with one attached hydrogen (secondary N) is 1. The van der Waals surface area contributed by atoms with E-state index >= 15 is 0 Å². The first kappa shape index (κ1) is 14.3. The Kier molecular flexibility index (Phi) is 4.10. The molecule has 1 unspecified atom stereocenters. The second-order valence-corrected chi connectivity index (χ2v) is 7.00. The molecule has 19 heavy (non-hydrogen) atoms. The first-order valence-corrected chi connectivity index (χ1v) is 7.48. The van der Waals surface area contributed by atoms with Gasteiger partial charge < -0.3 is 10.0 Å². The van der Waals surface area contributed by atoms with E-state index in [0.717, 1.165) is 16.6 Å². The minimum absolute atomic E-state index is 0.411. The number of hydrogen-bond acceptors (Lipinski definition) is 4. The molecule has 1 atom stereocenters. The fourth-order valence-electron chi connectivity index (χ4n) is 2.14. The standard InChI is InChI=1S/C11H14BrN3O3S/c1-11(8(16)17)4-2-3-5-15(11)10(18)14-9-13-6-7(12)19-9/h6H,2-5H2,1H3,(H,16,17)(H,13,14,18). The lowest BCUT2D eigenvalue weighted by Crippen LogP contribution is -2.58. The number of aromatic nitrogens is 1. The van der Waals surface area contributed by atoms with Gasteiger partial charge >= 0.3 is 12.0 Å². The molecule has 0 spiro atoms. The summed E-state index contributed by atoms with van der Waals surface area (Å²) in [6.07, 6.45) is 3.69. The van der Waals surface area contributed by atoms with Crippen LogP contribution in [0.25, 0.3) is 0 Å². The lowest BCUT2D eigenvalue weighted by Gasteiger charge is -2.41. The molecule has 0 bridgehead atoms. The van der Waals surface area contributed by atoms with Gasteiger partial charge in [0, 0.05) is 6.54 Å². The van der Waals surface area contributed by atoms with Gasteiger partial charge in [0.2, 0.25) is 0 Å².